The fourth-order valence-corrected chi connectivity index (χ4v) is 3.32. The minimum atomic E-state index is -0.206. The van der Waals surface area contributed by atoms with Crippen molar-refractivity contribution in [2.24, 2.45) is 0 Å². The molecule has 26 heavy (non-hydrogen) atoms. The second-order valence-electron chi connectivity index (χ2n) is 6.83. The summed E-state index contributed by atoms with van der Waals surface area (Å²) in [5, 5.41) is 11.1. The molecule has 1 N–H and O–H groups in total. The summed E-state index contributed by atoms with van der Waals surface area (Å²) < 4.78 is 7.25. The molecule has 0 saturated carbocycles. The number of para-hydroxylation sites is 1. The summed E-state index contributed by atoms with van der Waals surface area (Å²) in [7, 11) is 0. The first kappa shape index (κ1) is 18.1. The number of esters is 1. The average Bonchev–Trinajstić information content (AvgIpc) is 2.94. The first-order chi connectivity index (χ1) is 12.5. The molecule has 2 aromatic carbocycles. The molecule has 0 fully saturated rings. The van der Waals surface area contributed by atoms with Crippen LogP contribution < -0.4 is 0 Å². The number of fused-ring (bicyclic) bond motifs is 1. The van der Waals surface area contributed by atoms with Crippen LogP contribution in [-0.4, -0.2) is 22.2 Å². The third kappa shape index (κ3) is 3.74. The number of benzene rings is 2. The Morgan fingerprint density at radius 3 is 2.69 bits per heavy atom. The molecule has 0 aliphatic rings. The van der Waals surface area contributed by atoms with Gasteiger partial charge in [0.2, 0.25) is 0 Å². The van der Waals surface area contributed by atoms with Gasteiger partial charge >= 0.3 is 5.97 Å². The summed E-state index contributed by atoms with van der Waals surface area (Å²) >= 11 is 0. The molecule has 4 heteroatoms. The van der Waals surface area contributed by atoms with Crippen LogP contribution in [0.3, 0.4) is 0 Å². The first-order valence-electron chi connectivity index (χ1n) is 9.03. The quantitative estimate of drug-likeness (QED) is 0.659. The monoisotopic (exact) mass is 351 g/mol. The fraction of sp³-hybridized carbons (Fsp3) is 0.318. The zero-order chi connectivity index (χ0) is 18.7. The Morgan fingerprint density at radius 1 is 1.19 bits per heavy atom. The first-order valence-corrected chi connectivity index (χ1v) is 9.03. The van der Waals surface area contributed by atoms with Crippen LogP contribution in [0.1, 0.15) is 43.4 Å². The number of nitrogens with zero attached hydrogens (tertiary/aromatic N) is 1. The van der Waals surface area contributed by atoms with E-state index < -0.39 is 0 Å². The predicted octanol–water partition coefficient (Wildman–Crippen LogP) is 4.62. The summed E-state index contributed by atoms with van der Waals surface area (Å²) in [6.45, 7) is 7.04. The van der Waals surface area contributed by atoms with Gasteiger partial charge in [0.05, 0.1) is 13.0 Å². The molecule has 0 amide bonds. The third-order valence-electron chi connectivity index (χ3n) is 4.58. The van der Waals surface area contributed by atoms with Gasteiger partial charge in [-0.2, -0.15) is 0 Å². The van der Waals surface area contributed by atoms with Crippen molar-refractivity contribution in [1.82, 2.24) is 4.57 Å². The number of ether oxygens (including phenoxy) is 1. The van der Waals surface area contributed by atoms with E-state index in [-0.39, 0.29) is 18.3 Å². The molecular weight excluding hydrogens is 326 g/mol. The summed E-state index contributed by atoms with van der Waals surface area (Å²) in [5.74, 6) is 0.391. The van der Waals surface area contributed by atoms with Crippen LogP contribution in [-0.2, 0) is 22.5 Å². The Morgan fingerprint density at radius 2 is 1.96 bits per heavy atom. The summed E-state index contributed by atoms with van der Waals surface area (Å²) in [5.41, 5.74) is 4.13. The number of aromatic hydroxyl groups is 1. The number of hydrogen-bond acceptors (Lipinski definition) is 3. The summed E-state index contributed by atoms with van der Waals surface area (Å²) in [6.07, 6.45) is 2.30. The Hall–Kier alpha value is -2.75. The van der Waals surface area contributed by atoms with Gasteiger partial charge in [0.25, 0.3) is 0 Å². The van der Waals surface area contributed by atoms with Gasteiger partial charge in [-0.15, -0.1) is 0 Å². The lowest BCUT2D eigenvalue weighted by atomic mass is 9.99. The number of phenolic OH excluding ortho intramolecular Hbond substituents is 1. The van der Waals surface area contributed by atoms with Gasteiger partial charge in [-0.1, -0.05) is 44.2 Å². The van der Waals surface area contributed by atoms with Crippen LogP contribution in [0.15, 0.2) is 48.7 Å². The highest BCUT2D eigenvalue weighted by Crippen LogP contribution is 2.28. The predicted molar refractivity (Wildman–Crippen MR) is 104 cm³/mol. The molecule has 0 bridgehead atoms. The molecule has 3 rings (SSSR count). The van der Waals surface area contributed by atoms with Crippen molar-refractivity contribution in [1.29, 1.82) is 0 Å². The molecule has 0 spiro atoms. The van der Waals surface area contributed by atoms with Crippen molar-refractivity contribution in [3.05, 3.63) is 65.4 Å². The van der Waals surface area contributed by atoms with E-state index in [1.54, 1.807) is 6.07 Å². The van der Waals surface area contributed by atoms with Gasteiger partial charge in [-0.05, 0) is 41.7 Å². The van der Waals surface area contributed by atoms with E-state index >= 15 is 0 Å². The number of hydrogen-bond donors (Lipinski definition) is 1. The molecular formula is C22H25NO3. The van der Waals surface area contributed by atoms with Crippen molar-refractivity contribution in [3.63, 3.8) is 0 Å². The van der Waals surface area contributed by atoms with Gasteiger partial charge in [-0.25, -0.2) is 0 Å². The number of rotatable bonds is 6. The van der Waals surface area contributed by atoms with Crippen molar-refractivity contribution in [2.75, 3.05) is 6.61 Å². The second-order valence-corrected chi connectivity index (χ2v) is 6.83. The molecule has 136 valence electrons. The van der Waals surface area contributed by atoms with Crippen LogP contribution >= 0.6 is 0 Å². The lowest BCUT2D eigenvalue weighted by molar-refractivity contribution is -0.142. The standard InChI is InChI=1S/C22H25NO3/c1-4-26-22(25)12-17-14-23(20-8-6-5-7-18(17)20)13-16-9-10-21(24)19(11-16)15(2)3/h5-11,14-15,24H,4,12-13H2,1-3H3. The number of phenols is 1. The van der Waals surface area contributed by atoms with Crippen LogP contribution in [0.5, 0.6) is 5.75 Å². The molecule has 0 aliphatic carbocycles. The smallest absolute Gasteiger partial charge is 0.310 e. The molecule has 3 aromatic rings. The number of carbonyl (C=O) groups excluding carboxylic acids is 1. The van der Waals surface area contributed by atoms with Crippen molar-refractivity contribution < 1.29 is 14.6 Å². The molecule has 0 radical (unpaired) electrons. The highest BCUT2D eigenvalue weighted by molar-refractivity contribution is 5.88. The van der Waals surface area contributed by atoms with E-state index in [1.165, 1.54) is 0 Å². The van der Waals surface area contributed by atoms with E-state index in [0.29, 0.717) is 18.9 Å². The zero-order valence-electron chi connectivity index (χ0n) is 15.5. The Labute approximate surface area is 154 Å². The molecule has 1 aromatic heterocycles. The second kappa shape index (κ2) is 7.65. The SMILES string of the molecule is CCOC(=O)Cc1cn(Cc2ccc(O)c(C(C)C)c2)c2ccccc12. The summed E-state index contributed by atoms with van der Waals surface area (Å²) in [4.78, 5) is 11.9. The van der Waals surface area contributed by atoms with Gasteiger partial charge in [0.15, 0.2) is 0 Å². The molecule has 1 heterocycles. The van der Waals surface area contributed by atoms with Crippen LogP contribution in [0.4, 0.5) is 0 Å². The van der Waals surface area contributed by atoms with Crippen molar-refractivity contribution in [3.8, 4) is 5.75 Å². The minimum absolute atomic E-state index is 0.206. The van der Waals surface area contributed by atoms with Crippen LogP contribution in [0.2, 0.25) is 0 Å². The normalized spacial score (nSPS) is 11.2. The van der Waals surface area contributed by atoms with Gasteiger partial charge in [-0.3, -0.25) is 4.79 Å². The molecule has 0 saturated heterocycles. The zero-order valence-corrected chi connectivity index (χ0v) is 15.5. The maximum atomic E-state index is 11.9. The number of aromatic nitrogens is 1. The van der Waals surface area contributed by atoms with Gasteiger partial charge in [0.1, 0.15) is 5.75 Å². The molecule has 0 unspecified atom stereocenters. The molecule has 0 atom stereocenters. The Balaban J connectivity index is 1.96. The van der Waals surface area contributed by atoms with Gasteiger partial charge < -0.3 is 14.4 Å². The topological polar surface area (TPSA) is 51.5 Å². The van der Waals surface area contributed by atoms with E-state index in [4.69, 9.17) is 4.74 Å². The van der Waals surface area contributed by atoms with Crippen LogP contribution in [0, 0.1) is 0 Å². The molecule has 4 nitrogen and oxygen atoms in total. The Kier molecular flexibility index (Phi) is 5.31. The van der Waals surface area contributed by atoms with E-state index in [0.717, 1.165) is 27.6 Å². The largest absolute Gasteiger partial charge is 0.508 e. The fourth-order valence-electron chi connectivity index (χ4n) is 3.32. The lowest BCUT2D eigenvalue weighted by Gasteiger charge is -2.12. The Bertz CT molecular complexity index is 924. The highest BCUT2D eigenvalue weighted by Gasteiger charge is 2.13. The average molecular weight is 351 g/mol. The van der Waals surface area contributed by atoms with Crippen LogP contribution in [0.25, 0.3) is 10.9 Å². The van der Waals surface area contributed by atoms with Crippen molar-refractivity contribution in [2.45, 2.75) is 39.7 Å². The molecule has 0 aliphatic heterocycles. The van der Waals surface area contributed by atoms with E-state index in [1.807, 2.05) is 37.4 Å². The third-order valence-corrected chi connectivity index (χ3v) is 4.58. The van der Waals surface area contributed by atoms with Crippen molar-refractivity contribution >= 4 is 16.9 Å². The maximum Gasteiger partial charge on any atom is 0.310 e. The van der Waals surface area contributed by atoms with E-state index in [9.17, 15) is 9.90 Å². The minimum Gasteiger partial charge on any atom is -0.508 e. The summed E-state index contributed by atoms with van der Waals surface area (Å²) in [6, 6.07) is 13.9. The number of carbonyl (C=O) groups is 1. The highest BCUT2D eigenvalue weighted by atomic mass is 16.5. The van der Waals surface area contributed by atoms with Gasteiger partial charge in [0, 0.05) is 23.6 Å². The van der Waals surface area contributed by atoms with E-state index in [2.05, 4.69) is 30.5 Å². The maximum absolute atomic E-state index is 11.9. The lowest BCUT2D eigenvalue weighted by Crippen LogP contribution is -2.07.